The molecule has 1 saturated heterocycles. The van der Waals surface area contributed by atoms with E-state index in [9.17, 15) is 9.90 Å². The molecule has 7 heteroatoms. The Balaban J connectivity index is 1.69. The number of hydrogen-bond acceptors (Lipinski definition) is 3. The number of carbonyl (C=O) groups is 1. The Morgan fingerprint density at radius 1 is 1.06 bits per heavy atom. The average molecular weight is 497 g/mol. The molecule has 5 rings (SSSR count). The maximum atomic E-state index is 12.0. The minimum Gasteiger partial charge on any atom is -0.478 e. The standard InChI is InChI=1S/C29H28N4O2S/c1-4-20-12-14-21(15-13-20)33-27(26(31-29(33)36)24-10-7-8-16-30-24)23-17-18(2)32(19(23)3)25-11-6-5-9-22(25)28(34)35/h5-17,26-27H,4H2,1-3H3,(H,31,36)(H,34,35)/t26-,27-/m0/s1. The number of anilines is 1. The average Bonchev–Trinajstić information content (AvgIpc) is 3.39. The summed E-state index contributed by atoms with van der Waals surface area (Å²) in [6.45, 7) is 6.18. The number of aromatic nitrogens is 2. The van der Waals surface area contributed by atoms with Gasteiger partial charge < -0.3 is 19.9 Å². The molecule has 0 amide bonds. The number of pyridine rings is 1. The van der Waals surface area contributed by atoms with Crippen molar-refractivity contribution in [3.05, 3.63) is 113 Å². The molecule has 182 valence electrons. The number of rotatable bonds is 6. The molecular weight excluding hydrogens is 468 g/mol. The van der Waals surface area contributed by atoms with Gasteiger partial charge in [0.2, 0.25) is 0 Å². The van der Waals surface area contributed by atoms with E-state index in [2.05, 4.69) is 52.5 Å². The molecule has 36 heavy (non-hydrogen) atoms. The summed E-state index contributed by atoms with van der Waals surface area (Å²) in [5, 5.41) is 14.0. The highest BCUT2D eigenvalue weighted by Crippen LogP contribution is 2.44. The number of benzene rings is 2. The summed E-state index contributed by atoms with van der Waals surface area (Å²) in [5.41, 5.74) is 7.06. The van der Waals surface area contributed by atoms with E-state index in [0.717, 1.165) is 34.8 Å². The van der Waals surface area contributed by atoms with Gasteiger partial charge in [0, 0.05) is 23.3 Å². The minimum atomic E-state index is -0.952. The third kappa shape index (κ3) is 4.05. The van der Waals surface area contributed by atoms with Crippen molar-refractivity contribution < 1.29 is 9.90 Å². The number of carboxylic acid groups (broad SMARTS) is 1. The summed E-state index contributed by atoms with van der Waals surface area (Å²) in [6, 6.07) is 23.3. The lowest BCUT2D eigenvalue weighted by Gasteiger charge is -2.28. The van der Waals surface area contributed by atoms with Crippen LogP contribution in [0.4, 0.5) is 5.69 Å². The van der Waals surface area contributed by atoms with Gasteiger partial charge in [-0.2, -0.15) is 0 Å². The highest BCUT2D eigenvalue weighted by molar-refractivity contribution is 7.80. The van der Waals surface area contributed by atoms with Crippen molar-refractivity contribution >= 4 is 29.0 Å². The van der Waals surface area contributed by atoms with Gasteiger partial charge in [0.25, 0.3) is 0 Å². The van der Waals surface area contributed by atoms with E-state index < -0.39 is 5.97 Å². The van der Waals surface area contributed by atoms with Crippen LogP contribution in [0, 0.1) is 13.8 Å². The van der Waals surface area contributed by atoms with Crippen LogP contribution in [0.3, 0.4) is 0 Å². The van der Waals surface area contributed by atoms with Crippen LogP contribution in [0.2, 0.25) is 0 Å². The molecule has 1 aliphatic rings. The number of hydrogen-bond donors (Lipinski definition) is 2. The third-order valence-electron chi connectivity index (χ3n) is 6.89. The third-order valence-corrected chi connectivity index (χ3v) is 7.20. The maximum Gasteiger partial charge on any atom is 0.337 e. The largest absolute Gasteiger partial charge is 0.478 e. The smallest absolute Gasteiger partial charge is 0.337 e. The van der Waals surface area contributed by atoms with Crippen molar-refractivity contribution in [3.8, 4) is 5.69 Å². The first-order valence-electron chi connectivity index (χ1n) is 12.0. The number of para-hydroxylation sites is 1. The minimum absolute atomic E-state index is 0.170. The van der Waals surface area contributed by atoms with Crippen LogP contribution in [0.1, 0.15) is 57.6 Å². The molecule has 4 aromatic rings. The summed E-state index contributed by atoms with van der Waals surface area (Å²) in [4.78, 5) is 18.8. The Morgan fingerprint density at radius 3 is 2.44 bits per heavy atom. The molecule has 2 N–H and O–H groups in total. The van der Waals surface area contributed by atoms with Crippen molar-refractivity contribution in [2.75, 3.05) is 4.90 Å². The number of carboxylic acids is 1. The quantitative estimate of drug-likeness (QED) is 0.323. The number of aromatic carboxylic acids is 1. The van der Waals surface area contributed by atoms with E-state index in [1.165, 1.54) is 5.56 Å². The second-order valence-electron chi connectivity index (χ2n) is 9.00. The van der Waals surface area contributed by atoms with E-state index in [1.807, 2.05) is 48.7 Å². The van der Waals surface area contributed by atoms with Gasteiger partial charge in [-0.1, -0.05) is 37.3 Å². The maximum absolute atomic E-state index is 12.0. The molecule has 2 aromatic carbocycles. The van der Waals surface area contributed by atoms with Crippen LogP contribution in [0.15, 0.2) is 79.0 Å². The summed E-state index contributed by atoms with van der Waals surface area (Å²) in [6.07, 6.45) is 2.76. The van der Waals surface area contributed by atoms with E-state index >= 15 is 0 Å². The molecule has 3 heterocycles. The zero-order valence-electron chi connectivity index (χ0n) is 20.5. The van der Waals surface area contributed by atoms with Crippen molar-refractivity contribution in [2.45, 2.75) is 39.3 Å². The lowest BCUT2D eigenvalue weighted by molar-refractivity contribution is 0.0697. The van der Waals surface area contributed by atoms with Crippen molar-refractivity contribution in [1.29, 1.82) is 0 Å². The fraction of sp³-hybridized carbons (Fsp3) is 0.207. The Kier molecular flexibility index (Phi) is 6.33. The topological polar surface area (TPSA) is 70.4 Å². The van der Waals surface area contributed by atoms with Crippen LogP contribution >= 0.6 is 12.2 Å². The van der Waals surface area contributed by atoms with Gasteiger partial charge >= 0.3 is 5.97 Å². The zero-order chi connectivity index (χ0) is 25.4. The second kappa shape index (κ2) is 9.59. The first-order chi connectivity index (χ1) is 17.4. The molecular formula is C29H28N4O2S. The molecule has 0 aliphatic carbocycles. The first kappa shape index (κ1) is 23.8. The normalized spacial score (nSPS) is 17.3. The SMILES string of the molecule is CCc1ccc(N2C(=S)N[C@@H](c3ccccn3)[C@@H]2c2cc(C)n(-c3ccccc3C(=O)O)c2C)cc1. The molecule has 0 saturated carbocycles. The van der Waals surface area contributed by atoms with Crippen LogP contribution < -0.4 is 10.2 Å². The van der Waals surface area contributed by atoms with Crippen LogP contribution in [-0.2, 0) is 6.42 Å². The van der Waals surface area contributed by atoms with Crippen LogP contribution in [0.5, 0.6) is 0 Å². The number of nitrogens with one attached hydrogen (secondary N) is 1. The van der Waals surface area contributed by atoms with E-state index in [1.54, 1.807) is 18.3 Å². The van der Waals surface area contributed by atoms with Crippen molar-refractivity contribution in [1.82, 2.24) is 14.9 Å². The Labute approximate surface area is 216 Å². The Hall–Kier alpha value is -3.97. The van der Waals surface area contributed by atoms with Gasteiger partial charge in [0.05, 0.1) is 29.0 Å². The number of thiocarbonyl (C=S) groups is 1. The van der Waals surface area contributed by atoms with Gasteiger partial charge in [-0.05, 0) is 86.1 Å². The zero-order valence-corrected chi connectivity index (χ0v) is 21.3. The highest BCUT2D eigenvalue weighted by atomic mass is 32.1. The van der Waals surface area contributed by atoms with Crippen molar-refractivity contribution in [2.24, 2.45) is 0 Å². The molecule has 1 fully saturated rings. The molecule has 1 aliphatic heterocycles. The van der Waals surface area contributed by atoms with Gasteiger partial charge in [-0.25, -0.2) is 4.79 Å². The van der Waals surface area contributed by atoms with Gasteiger partial charge in [-0.15, -0.1) is 0 Å². The lowest BCUT2D eigenvalue weighted by atomic mass is 9.96. The van der Waals surface area contributed by atoms with Gasteiger partial charge in [0.15, 0.2) is 5.11 Å². The molecule has 0 radical (unpaired) electrons. The first-order valence-corrected chi connectivity index (χ1v) is 12.4. The predicted molar refractivity (Wildman–Crippen MR) is 146 cm³/mol. The summed E-state index contributed by atoms with van der Waals surface area (Å²) >= 11 is 5.87. The molecule has 6 nitrogen and oxygen atoms in total. The summed E-state index contributed by atoms with van der Waals surface area (Å²) < 4.78 is 2.02. The predicted octanol–water partition coefficient (Wildman–Crippen LogP) is 5.93. The fourth-order valence-electron chi connectivity index (χ4n) is 5.15. The summed E-state index contributed by atoms with van der Waals surface area (Å²) in [5.74, 6) is -0.952. The Morgan fingerprint density at radius 2 is 1.78 bits per heavy atom. The number of nitrogens with zero attached hydrogens (tertiary/aromatic N) is 3. The van der Waals surface area contributed by atoms with Gasteiger partial charge in [-0.3, -0.25) is 4.98 Å². The molecule has 2 atom stereocenters. The van der Waals surface area contributed by atoms with Crippen molar-refractivity contribution in [3.63, 3.8) is 0 Å². The van der Waals surface area contributed by atoms with Crippen LogP contribution in [0.25, 0.3) is 5.69 Å². The van der Waals surface area contributed by atoms with Gasteiger partial charge in [0.1, 0.15) is 0 Å². The molecule has 0 spiro atoms. The van der Waals surface area contributed by atoms with E-state index in [-0.39, 0.29) is 17.6 Å². The lowest BCUT2D eigenvalue weighted by Crippen LogP contribution is -2.29. The monoisotopic (exact) mass is 496 g/mol. The summed E-state index contributed by atoms with van der Waals surface area (Å²) in [7, 11) is 0. The van der Waals surface area contributed by atoms with Crippen LogP contribution in [-0.4, -0.2) is 25.7 Å². The van der Waals surface area contributed by atoms with E-state index in [0.29, 0.717) is 10.8 Å². The Bertz CT molecular complexity index is 1430. The second-order valence-corrected chi connectivity index (χ2v) is 9.39. The highest BCUT2D eigenvalue weighted by Gasteiger charge is 2.42. The molecule has 2 aromatic heterocycles. The number of aryl methyl sites for hydroxylation is 2. The van der Waals surface area contributed by atoms with E-state index in [4.69, 9.17) is 12.2 Å². The fourth-order valence-corrected chi connectivity index (χ4v) is 5.49. The molecule has 0 unspecified atom stereocenters. The molecule has 0 bridgehead atoms.